The maximum atomic E-state index is 12.3. The van der Waals surface area contributed by atoms with Gasteiger partial charge < -0.3 is 10.1 Å². The second-order valence-corrected chi connectivity index (χ2v) is 8.23. The first-order chi connectivity index (χ1) is 14.1. The summed E-state index contributed by atoms with van der Waals surface area (Å²) in [4.78, 5) is 20.7. The molecule has 0 saturated carbocycles. The van der Waals surface area contributed by atoms with E-state index >= 15 is 0 Å². The van der Waals surface area contributed by atoms with Crippen molar-refractivity contribution in [3.63, 3.8) is 0 Å². The number of rotatable bonds is 9. The zero-order valence-corrected chi connectivity index (χ0v) is 18.6. The van der Waals surface area contributed by atoms with Crippen molar-refractivity contribution in [2.45, 2.75) is 19.1 Å². The van der Waals surface area contributed by atoms with Gasteiger partial charge in [-0.3, -0.25) is 9.78 Å². The summed E-state index contributed by atoms with van der Waals surface area (Å²) in [7, 11) is 1.61. The van der Waals surface area contributed by atoms with Crippen molar-refractivity contribution < 1.29 is 4.74 Å². The molecule has 7 nitrogen and oxygen atoms in total. The number of aromatic nitrogens is 4. The van der Waals surface area contributed by atoms with Crippen molar-refractivity contribution in [3.05, 3.63) is 73.9 Å². The van der Waals surface area contributed by atoms with E-state index in [9.17, 15) is 4.79 Å². The Morgan fingerprint density at radius 3 is 2.93 bits per heavy atom. The summed E-state index contributed by atoms with van der Waals surface area (Å²) in [6.07, 6.45) is 2.22. The molecular weight excluding hydrogens is 454 g/mol. The molecule has 152 valence electrons. The van der Waals surface area contributed by atoms with Crippen molar-refractivity contribution in [3.8, 4) is 5.75 Å². The third-order valence-corrected chi connectivity index (χ3v) is 6.25. The fourth-order valence-corrected chi connectivity index (χ4v) is 4.00. The number of halogens is 1. The van der Waals surface area contributed by atoms with Crippen LogP contribution in [0.15, 0.2) is 45.8 Å². The van der Waals surface area contributed by atoms with Gasteiger partial charge in [-0.05, 0) is 52.2 Å². The van der Waals surface area contributed by atoms with Gasteiger partial charge in [0.15, 0.2) is 0 Å². The lowest BCUT2D eigenvalue weighted by Crippen LogP contribution is -2.20. The molecule has 3 rings (SSSR count). The smallest absolute Gasteiger partial charge is 0.296 e. The van der Waals surface area contributed by atoms with Crippen molar-refractivity contribution >= 4 is 33.6 Å². The summed E-state index contributed by atoms with van der Waals surface area (Å²) in [6, 6.07) is 9.53. The van der Waals surface area contributed by atoms with Gasteiger partial charge in [0.2, 0.25) is 5.95 Å². The molecule has 0 fully saturated rings. The largest absolute Gasteiger partial charge is 0.497 e. The zero-order chi connectivity index (χ0) is 20.6. The molecule has 0 aliphatic rings. The molecule has 2 aromatic heterocycles. The van der Waals surface area contributed by atoms with Gasteiger partial charge in [-0.1, -0.05) is 12.1 Å². The van der Waals surface area contributed by atoms with Gasteiger partial charge in [-0.15, -0.1) is 0 Å². The van der Waals surface area contributed by atoms with E-state index in [2.05, 4.69) is 48.3 Å². The number of pyridine rings is 1. The fourth-order valence-electron chi connectivity index (χ4n) is 2.64. The molecule has 0 atom stereocenters. The number of aryl methyl sites for hydroxylation is 1. The molecule has 0 spiro atoms. The summed E-state index contributed by atoms with van der Waals surface area (Å²) in [5.74, 6) is 2.78. The third kappa shape index (κ3) is 6.04. The lowest BCUT2D eigenvalue weighted by molar-refractivity contribution is 0.414. The van der Waals surface area contributed by atoms with Crippen LogP contribution in [0.4, 0.5) is 5.95 Å². The number of anilines is 1. The molecule has 9 heteroatoms. The predicted octanol–water partition coefficient (Wildman–Crippen LogP) is 3.58. The molecule has 0 unspecified atom stereocenters. The van der Waals surface area contributed by atoms with E-state index in [1.807, 2.05) is 36.5 Å². The van der Waals surface area contributed by atoms with Gasteiger partial charge >= 0.3 is 0 Å². The highest BCUT2D eigenvalue weighted by molar-refractivity contribution is 9.10. The Bertz CT molecular complexity index is 1030. The highest BCUT2D eigenvalue weighted by Gasteiger charge is 2.08. The van der Waals surface area contributed by atoms with Crippen LogP contribution in [0, 0.1) is 6.92 Å². The maximum absolute atomic E-state index is 12.3. The highest BCUT2D eigenvalue weighted by atomic mass is 79.9. The summed E-state index contributed by atoms with van der Waals surface area (Å²) in [5, 5.41) is 10.1. The fraction of sp³-hybridized carbons (Fsp3) is 0.300. The van der Waals surface area contributed by atoms with Crippen LogP contribution >= 0.6 is 27.7 Å². The Labute approximate surface area is 181 Å². The number of nitrogens with one attached hydrogen (secondary N) is 2. The minimum Gasteiger partial charge on any atom is -0.497 e. The van der Waals surface area contributed by atoms with Gasteiger partial charge in [0.05, 0.1) is 12.8 Å². The van der Waals surface area contributed by atoms with E-state index in [0.29, 0.717) is 24.6 Å². The van der Waals surface area contributed by atoms with Crippen LogP contribution in [0.5, 0.6) is 5.75 Å². The Morgan fingerprint density at radius 1 is 1.28 bits per heavy atom. The van der Waals surface area contributed by atoms with E-state index in [1.165, 1.54) is 5.56 Å². The monoisotopic (exact) mass is 475 g/mol. The van der Waals surface area contributed by atoms with Crippen LogP contribution in [0.25, 0.3) is 0 Å². The molecule has 0 radical (unpaired) electrons. The highest BCUT2D eigenvalue weighted by Crippen LogP contribution is 2.22. The van der Waals surface area contributed by atoms with Gasteiger partial charge in [0.1, 0.15) is 11.4 Å². The normalized spacial score (nSPS) is 10.7. The number of aromatic amines is 1. The van der Waals surface area contributed by atoms with Gasteiger partial charge in [-0.2, -0.15) is 21.8 Å². The van der Waals surface area contributed by atoms with Crippen LogP contribution in [0.1, 0.15) is 22.5 Å². The van der Waals surface area contributed by atoms with E-state index in [4.69, 9.17) is 4.74 Å². The van der Waals surface area contributed by atoms with Crippen LogP contribution in [-0.4, -0.2) is 39.6 Å². The number of nitrogens with zero attached hydrogens (tertiary/aromatic N) is 3. The SMILES string of the molecule is COc1cccc(Cc2n[nH]c(NCCSCc3nccc(C)c3Br)nc2=O)c1. The second kappa shape index (κ2) is 10.4. The minimum absolute atomic E-state index is 0.338. The molecule has 0 aliphatic heterocycles. The van der Waals surface area contributed by atoms with Crippen molar-refractivity contribution in [2.75, 3.05) is 24.7 Å². The molecule has 2 heterocycles. The Balaban J connectivity index is 1.49. The third-order valence-electron chi connectivity index (χ3n) is 4.19. The topological polar surface area (TPSA) is 92.8 Å². The van der Waals surface area contributed by atoms with E-state index in [-0.39, 0.29) is 5.56 Å². The number of hydrogen-bond donors (Lipinski definition) is 2. The molecule has 0 bridgehead atoms. The van der Waals surface area contributed by atoms with E-state index < -0.39 is 0 Å². The number of hydrogen-bond acceptors (Lipinski definition) is 7. The van der Waals surface area contributed by atoms with E-state index in [0.717, 1.165) is 33.0 Å². The van der Waals surface area contributed by atoms with Crippen molar-refractivity contribution in [2.24, 2.45) is 0 Å². The molecular formula is C20H22BrN5O2S. The Kier molecular flexibility index (Phi) is 7.65. The average molecular weight is 476 g/mol. The summed E-state index contributed by atoms with van der Waals surface area (Å²) < 4.78 is 6.26. The number of methoxy groups -OCH3 is 1. The number of ether oxygens (including phenoxy) is 1. The first kappa shape index (κ1) is 21.3. The zero-order valence-electron chi connectivity index (χ0n) is 16.2. The second-order valence-electron chi connectivity index (χ2n) is 6.33. The Morgan fingerprint density at radius 2 is 2.14 bits per heavy atom. The molecule has 3 aromatic rings. The van der Waals surface area contributed by atoms with Crippen LogP contribution < -0.4 is 15.6 Å². The molecule has 0 aliphatic carbocycles. The van der Waals surface area contributed by atoms with Gasteiger partial charge in [-0.25, -0.2) is 5.10 Å². The first-order valence-electron chi connectivity index (χ1n) is 9.07. The number of benzene rings is 1. The summed E-state index contributed by atoms with van der Waals surface area (Å²) in [5.41, 5.74) is 3.18. The van der Waals surface area contributed by atoms with Gasteiger partial charge in [0.25, 0.3) is 5.56 Å². The van der Waals surface area contributed by atoms with Crippen LogP contribution in [0.2, 0.25) is 0 Å². The molecule has 2 N–H and O–H groups in total. The van der Waals surface area contributed by atoms with Gasteiger partial charge in [0, 0.05) is 35.1 Å². The minimum atomic E-state index is -0.338. The van der Waals surface area contributed by atoms with Crippen molar-refractivity contribution in [1.29, 1.82) is 0 Å². The average Bonchev–Trinajstić information content (AvgIpc) is 2.73. The lowest BCUT2D eigenvalue weighted by Gasteiger charge is -2.07. The van der Waals surface area contributed by atoms with Crippen LogP contribution in [0.3, 0.4) is 0 Å². The summed E-state index contributed by atoms with van der Waals surface area (Å²) >= 11 is 5.33. The predicted molar refractivity (Wildman–Crippen MR) is 120 cm³/mol. The molecule has 1 aromatic carbocycles. The molecule has 0 saturated heterocycles. The molecule has 29 heavy (non-hydrogen) atoms. The lowest BCUT2D eigenvalue weighted by atomic mass is 10.1. The maximum Gasteiger partial charge on any atom is 0.296 e. The summed E-state index contributed by atoms with van der Waals surface area (Å²) in [6.45, 7) is 2.71. The standard InChI is InChI=1S/C20H22BrN5O2S/c1-13-6-7-22-17(18(13)21)12-29-9-8-23-20-24-19(27)16(25-26-20)11-14-4-3-5-15(10-14)28-2/h3-7,10H,8-9,11-12H2,1-2H3,(H2,23,24,26,27). The van der Waals surface area contributed by atoms with E-state index in [1.54, 1.807) is 18.9 Å². The molecule has 0 amide bonds. The Hall–Kier alpha value is -2.39. The van der Waals surface area contributed by atoms with Crippen molar-refractivity contribution in [1.82, 2.24) is 20.2 Å². The quantitative estimate of drug-likeness (QED) is 0.456. The first-order valence-corrected chi connectivity index (χ1v) is 11.0. The van der Waals surface area contributed by atoms with Crippen LogP contribution in [-0.2, 0) is 12.2 Å². The number of H-pyrrole nitrogens is 1. The number of thioether (sulfide) groups is 1.